The second kappa shape index (κ2) is 8.02. The largest absolute Gasteiger partial charge is 0.387 e. The van der Waals surface area contributed by atoms with E-state index >= 15 is 0 Å². The van der Waals surface area contributed by atoms with Gasteiger partial charge in [-0.3, -0.25) is 19.7 Å². The van der Waals surface area contributed by atoms with Crippen LogP contribution in [-0.2, 0) is 4.79 Å². The van der Waals surface area contributed by atoms with Crippen LogP contribution >= 0.6 is 0 Å². The first-order chi connectivity index (χ1) is 11.9. The summed E-state index contributed by atoms with van der Waals surface area (Å²) in [4.78, 5) is 33.1. The molecular formula is C17H17N3O5. The van der Waals surface area contributed by atoms with Gasteiger partial charge in [0.15, 0.2) is 0 Å². The van der Waals surface area contributed by atoms with E-state index in [-0.39, 0.29) is 24.0 Å². The number of nitro benzene ring substituents is 1. The molecule has 0 radical (unpaired) electrons. The van der Waals surface area contributed by atoms with E-state index in [0.29, 0.717) is 16.8 Å². The molecule has 2 amide bonds. The molecule has 3 N–H and O–H groups in total. The zero-order valence-corrected chi connectivity index (χ0v) is 13.4. The van der Waals surface area contributed by atoms with Gasteiger partial charge in [-0.2, -0.15) is 0 Å². The van der Waals surface area contributed by atoms with E-state index in [1.165, 1.54) is 31.2 Å². The Balaban J connectivity index is 1.92. The van der Waals surface area contributed by atoms with Gasteiger partial charge in [0.1, 0.15) is 0 Å². The molecule has 0 fully saturated rings. The van der Waals surface area contributed by atoms with Crippen molar-refractivity contribution in [1.29, 1.82) is 0 Å². The third-order valence-corrected chi connectivity index (χ3v) is 3.41. The Labute approximate surface area is 143 Å². The summed E-state index contributed by atoms with van der Waals surface area (Å²) in [6.07, 6.45) is -0.983. The van der Waals surface area contributed by atoms with Crippen LogP contribution in [0.25, 0.3) is 0 Å². The molecular weight excluding hydrogens is 326 g/mol. The minimum Gasteiger partial charge on any atom is -0.387 e. The highest BCUT2D eigenvalue weighted by atomic mass is 16.6. The monoisotopic (exact) mass is 343 g/mol. The van der Waals surface area contributed by atoms with Crippen LogP contribution in [0, 0.1) is 10.1 Å². The Hall–Kier alpha value is -3.26. The first-order valence-corrected chi connectivity index (χ1v) is 7.45. The number of non-ortho nitro benzene ring substituents is 1. The van der Waals surface area contributed by atoms with Crippen LogP contribution in [0.3, 0.4) is 0 Å². The molecule has 1 unspecified atom stereocenters. The topological polar surface area (TPSA) is 122 Å². The van der Waals surface area contributed by atoms with E-state index in [1.807, 2.05) is 0 Å². The highest BCUT2D eigenvalue weighted by Crippen LogP contribution is 2.17. The average Bonchev–Trinajstić information content (AvgIpc) is 2.59. The van der Waals surface area contributed by atoms with E-state index in [0.717, 1.165) is 0 Å². The minimum absolute atomic E-state index is 0.0376. The molecule has 0 aliphatic heterocycles. The van der Waals surface area contributed by atoms with Gasteiger partial charge < -0.3 is 15.7 Å². The second-order valence-corrected chi connectivity index (χ2v) is 5.33. The zero-order chi connectivity index (χ0) is 18.4. The fourth-order valence-electron chi connectivity index (χ4n) is 2.14. The molecule has 0 aromatic heterocycles. The van der Waals surface area contributed by atoms with Gasteiger partial charge in [0, 0.05) is 36.9 Å². The maximum Gasteiger partial charge on any atom is 0.269 e. The van der Waals surface area contributed by atoms with Gasteiger partial charge in [-0.05, 0) is 42.0 Å². The number of aliphatic hydroxyl groups is 1. The molecule has 0 heterocycles. The second-order valence-electron chi connectivity index (χ2n) is 5.33. The number of carbonyl (C=O) groups is 2. The third kappa shape index (κ3) is 5.11. The number of benzene rings is 2. The number of carbonyl (C=O) groups excluding carboxylic acids is 2. The van der Waals surface area contributed by atoms with Crippen molar-refractivity contribution in [2.45, 2.75) is 13.0 Å². The Morgan fingerprint density at radius 1 is 1.12 bits per heavy atom. The molecule has 2 aromatic carbocycles. The lowest BCUT2D eigenvalue weighted by Crippen LogP contribution is -2.28. The lowest BCUT2D eigenvalue weighted by atomic mass is 10.1. The molecule has 0 bridgehead atoms. The van der Waals surface area contributed by atoms with Crippen molar-refractivity contribution in [3.63, 3.8) is 0 Å². The molecule has 0 aliphatic rings. The van der Waals surface area contributed by atoms with Crippen LogP contribution in [0.15, 0.2) is 48.5 Å². The Kier molecular flexibility index (Phi) is 5.80. The summed E-state index contributed by atoms with van der Waals surface area (Å²) >= 11 is 0. The van der Waals surface area contributed by atoms with Crippen LogP contribution in [-0.4, -0.2) is 28.4 Å². The third-order valence-electron chi connectivity index (χ3n) is 3.41. The van der Waals surface area contributed by atoms with Gasteiger partial charge in [0.25, 0.3) is 11.6 Å². The molecule has 0 spiro atoms. The van der Waals surface area contributed by atoms with E-state index < -0.39 is 11.0 Å². The number of hydrogen-bond acceptors (Lipinski definition) is 5. The van der Waals surface area contributed by atoms with Gasteiger partial charge in [0.05, 0.1) is 11.0 Å². The minimum atomic E-state index is -0.983. The maximum absolute atomic E-state index is 12.1. The Morgan fingerprint density at radius 3 is 2.24 bits per heavy atom. The van der Waals surface area contributed by atoms with E-state index in [2.05, 4.69) is 10.6 Å². The predicted molar refractivity (Wildman–Crippen MR) is 91.1 cm³/mol. The van der Waals surface area contributed by atoms with Crippen molar-refractivity contribution in [1.82, 2.24) is 5.32 Å². The van der Waals surface area contributed by atoms with Crippen molar-refractivity contribution in [2.75, 3.05) is 11.9 Å². The van der Waals surface area contributed by atoms with Gasteiger partial charge in [-0.25, -0.2) is 0 Å². The van der Waals surface area contributed by atoms with E-state index in [1.54, 1.807) is 24.3 Å². The average molecular weight is 343 g/mol. The first-order valence-electron chi connectivity index (χ1n) is 7.45. The number of aliphatic hydroxyl groups excluding tert-OH is 1. The standard InChI is InChI=1S/C17H17N3O5/c1-11(21)19-14-6-2-13(3-7-14)17(23)18-10-16(22)12-4-8-15(9-5-12)20(24)25/h2-9,16,22H,10H2,1H3,(H,18,23)(H,19,21). The maximum atomic E-state index is 12.1. The van der Waals surface area contributed by atoms with Crippen LogP contribution in [0.4, 0.5) is 11.4 Å². The summed E-state index contributed by atoms with van der Waals surface area (Å²) in [7, 11) is 0. The van der Waals surface area contributed by atoms with Gasteiger partial charge in [-0.15, -0.1) is 0 Å². The summed E-state index contributed by atoms with van der Waals surface area (Å²) in [5.74, 6) is -0.584. The Morgan fingerprint density at radius 2 is 1.72 bits per heavy atom. The first kappa shape index (κ1) is 18.1. The number of nitrogens with zero attached hydrogens (tertiary/aromatic N) is 1. The number of amides is 2. The number of hydrogen-bond donors (Lipinski definition) is 3. The molecule has 130 valence electrons. The van der Waals surface area contributed by atoms with Crippen molar-refractivity contribution in [3.05, 3.63) is 69.8 Å². The summed E-state index contributed by atoms with van der Waals surface area (Å²) < 4.78 is 0. The lowest BCUT2D eigenvalue weighted by molar-refractivity contribution is -0.384. The van der Waals surface area contributed by atoms with Crippen molar-refractivity contribution < 1.29 is 19.6 Å². The summed E-state index contributed by atoms with van der Waals surface area (Å²) in [6, 6.07) is 11.8. The molecule has 2 aromatic rings. The van der Waals surface area contributed by atoms with Gasteiger partial charge in [0.2, 0.25) is 5.91 Å². The highest BCUT2D eigenvalue weighted by Gasteiger charge is 2.13. The van der Waals surface area contributed by atoms with Crippen molar-refractivity contribution >= 4 is 23.2 Å². The number of nitro groups is 1. The molecule has 8 nitrogen and oxygen atoms in total. The summed E-state index contributed by atoms with van der Waals surface area (Å²) in [5.41, 5.74) is 1.35. The Bertz CT molecular complexity index is 772. The van der Waals surface area contributed by atoms with E-state index in [9.17, 15) is 24.8 Å². The van der Waals surface area contributed by atoms with Crippen LogP contribution in [0.5, 0.6) is 0 Å². The molecule has 2 rings (SSSR count). The van der Waals surface area contributed by atoms with Crippen LogP contribution in [0.1, 0.15) is 28.9 Å². The SMILES string of the molecule is CC(=O)Nc1ccc(C(=O)NCC(O)c2ccc([N+](=O)[O-])cc2)cc1. The summed E-state index contributed by atoms with van der Waals surface area (Å²) in [6.45, 7) is 1.35. The molecule has 0 saturated heterocycles. The molecule has 25 heavy (non-hydrogen) atoms. The van der Waals surface area contributed by atoms with E-state index in [4.69, 9.17) is 0 Å². The number of anilines is 1. The normalized spacial score (nSPS) is 11.4. The summed E-state index contributed by atoms with van der Waals surface area (Å²) in [5, 5.41) is 25.8. The van der Waals surface area contributed by atoms with Crippen LogP contribution in [0.2, 0.25) is 0 Å². The van der Waals surface area contributed by atoms with Crippen molar-refractivity contribution in [2.24, 2.45) is 0 Å². The fraction of sp³-hybridized carbons (Fsp3) is 0.176. The van der Waals surface area contributed by atoms with Crippen molar-refractivity contribution in [3.8, 4) is 0 Å². The smallest absolute Gasteiger partial charge is 0.269 e. The fourth-order valence-corrected chi connectivity index (χ4v) is 2.14. The zero-order valence-electron chi connectivity index (χ0n) is 13.4. The van der Waals surface area contributed by atoms with Gasteiger partial charge >= 0.3 is 0 Å². The number of nitrogens with one attached hydrogen (secondary N) is 2. The molecule has 8 heteroatoms. The van der Waals surface area contributed by atoms with Gasteiger partial charge in [-0.1, -0.05) is 0 Å². The highest BCUT2D eigenvalue weighted by molar-refractivity contribution is 5.95. The quantitative estimate of drug-likeness (QED) is 0.547. The lowest BCUT2D eigenvalue weighted by Gasteiger charge is -2.12. The van der Waals surface area contributed by atoms with Crippen LogP contribution < -0.4 is 10.6 Å². The molecule has 0 saturated carbocycles. The molecule has 0 aliphatic carbocycles. The number of rotatable bonds is 6. The molecule has 1 atom stereocenters. The predicted octanol–water partition coefficient (Wildman–Crippen LogP) is 2.02.